The van der Waals surface area contributed by atoms with Crippen LogP contribution in [0.2, 0.25) is 0 Å². The zero-order valence-corrected chi connectivity index (χ0v) is 14.3. The summed E-state index contributed by atoms with van der Waals surface area (Å²) in [6, 6.07) is 7.30. The van der Waals surface area contributed by atoms with E-state index in [2.05, 4.69) is 9.46 Å². The summed E-state index contributed by atoms with van der Waals surface area (Å²) in [5.74, 6) is 0.122. The van der Waals surface area contributed by atoms with Crippen LogP contribution in [0, 0.1) is 5.92 Å². The van der Waals surface area contributed by atoms with Crippen LogP contribution >= 0.6 is 0 Å². The second-order valence-electron chi connectivity index (χ2n) is 5.60. The number of benzene rings is 1. The Morgan fingerprint density at radius 1 is 1.26 bits per heavy atom. The van der Waals surface area contributed by atoms with Gasteiger partial charge in [0.05, 0.1) is 24.9 Å². The molecular weight excluding hydrogens is 318 g/mol. The van der Waals surface area contributed by atoms with Crippen LogP contribution in [0.5, 0.6) is 5.75 Å². The van der Waals surface area contributed by atoms with Crippen molar-refractivity contribution in [1.29, 1.82) is 0 Å². The second kappa shape index (κ2) is 7.79. The number of carbonyl (C=O) groups excluding carboxylic acids is 1. The summed E-state index contributed by atoms with van der Waals surface area (Å²) in [5, 5.41) is -0.533. The van der Waals surface area contributed by atoms with Gasteiger partial charge in [-0.1, -0.05) is 12.1 Å². The van der Waals surface area contributed by atoms with Crippen LogP contribution in [-0.4, -0.2) is 33.4 Å². The quantitative estimate of drug-likeness (QED) is 0.766. The fourth-order valence-electron chi connectivity index (χ4n) is 2.77. The lowest BCUT2D eigenvalue weighted by Crippen LogP contribution is -2.32. The molecule has 1 aliphatic carbocycles. The highest BCUT2D eigenvalue weighted by Crippen LogP contribution is 2.31. The maximum atomic E-state index is 12.3. The van der Waals surface area contributed by atoms with Gasteiger partial charge >= 0.3 is 5.97 Å². The summed E-state index contributed by atoms with van der Waals surface area (Å²) in [4.78, 5) is 11.5. The normalized spacial score (nSPS) is 21.1. The number of sulfonamides is 1. The molecule has 1 N–H and O–H groups in total. The number of hydrogen-bond acceptors (Lipinski definition) is 5. The number of ether oxygens (including phenoxy) is 2. The van der Waals surface area contributed by atoms with Crippen LogP contribution in [0.4, 0.5) is 0 Å². The van der Waals surface area contributed by atoms with Gasteiger partial charge < -0.3 is 9.47 Å². The number of nitrogens with one attached hydrogen (secondary N) is 1. The third-order valence-electron chi connectivity index (χ3n) is 4.07. The molecule has 0 aliphatic heterocycles. The molecule has 2 atom stereocenters. The Morgan fingerprint density at radius 2 is 1.96 bits per heavy atom. The van der Waals surface area contributed by atoms with Crippen molar-refractivity contribution in [3.63, 3.8) is 0 Å². The van der Waals surface area contributed by atoms with E-state index < -0.39 is 15.3 Å². The topological polar surface area (TPSA) is 81.7 Å². The molecule has 0 radical (unpaired) electrons. The lowest BCUT2D eigenvalue weighted by Gasteiger charge is -2.13. The number of rotatable bonds is 7. The van der Waals surface area contributed by atoms with E-state index in [1.54, 1.807) is 0 Å². The molecule has 0 amide bonds. The fourth-order valence-corrected chi connectivity index (χ4v) is 4.31. The molecule has 0 unspecified atom stereocenters. The molecule has 0 bridgehead atoms. The van der Waals surface area contributed by atoms with Crippen LogP contribution in [0.25, 0.3) is 0 Å². The van der Waals surface area contributed by atoms with Gasteiger partial charge in [0.1, 0.15) is 5.75 Å². The van der Waals surface area contributed by atoms with Crippen molar-refractivity contribution >= 4 is 16.0 Å². The Labute approximate surface area is 137 Å². The molecule has 7 heteroatoms. The average Bonchev–Trinajstić information content (AvgIpc) is 3.05. The molecule has 0 aromatic heterocycles. The van der Waals surface area contributed by atoms with Gasteiger partial charge in [-0.05, 0) is 43.9 Å². The molecule has 23 heavy (non-hydrogen) atoms. The van der Waals surface area contributed by atoms with Crippen LogP contribution < -0.4 is 9.46 Å². The lowest BCUT2D eigenvalue weighted by molar-refractivity contribution is -0.145. The number of esters is 1. The molecule has 0 spiro atoms. The van der Waals surface area contributed by atoms with Crippen LogP contribution in [-0.2, 0) is 26.1 Å². The monoisotopic (exact) mass is 341 g/mol. The zero-order chi connectivity index (χ0) is 16.9. The van der Waals surface area contributed by atoms with Crippen LogP contribution in [0.3, 0.4) is 0 Å². The lowest BCUT2D eigenvalue weighted by atomic mass is 10.1. The van der Waals surface area contributed by atoms with Crippen molar-refractivity contribution in [1.82, 2.24) is 4.72 Å². The molecular formula is C16H23NO5S. The first kappa shape index (κ1) is 17.7. The first-order chi connectivity index (χ1) is 11.0. The Hall–Kier alpha value is -1.60. The Balaban J connectivity index is 1.90. The van der Waals surface area contributed by atoms with Gasteiger partial charge in [-0.2, -0.15) is 0 Å². The number of carbonyl (C=O) groups is 1. The molecule has 6 nitrogen and oxygen atoms in total. The highest BCUT2D eigenvalue weighted by Gasteiger charge is 2.37. The molecule has 1 aromatic rings. The standard InChI is InChI=1S/C16H23NO5S/c1-3-22-14-7-4-12(5-8-14)11-17-23(19,20)15-9-6-13(10-15)16(18)21-2/h4-5,7-8,13,15,17H,3,6,9-11H2,1-2H3/t13-,15+/m0/s1. The molecule has 1 aliphatic rings. The predicted molar refractivity (Wildman–Crippen MR) is 86.5 cm³/mol. The smallest absolute Gasteiger partial charge is 0.308 e. The van der Waals surface area contributed by atoms with Gasteiger partial charge in [0.2, 0.25) is 10.0 Å². The van der Waals surface area contributed by atoms with Crippen molar-refractivity contribution in [3.05, 3.63) is 29.8 Å². The maximum absolute atomic E-state index is 12.3. The molecule has 1 fully saturated rings. The van der Waals surface area contributed by atoms with E-state index in [1.807, 2.05) is 31.2 Å². The van der Waals surface area contributed by atoms with Crippen LogP contribution in [0.15, 0.2) is 24.3 Å². The van der Waals surface area contributed by atoms with E-state index in [-0.39, 0.29) is 18.4 Å². The van der Waals surface area contributed by atoms with Gasteiger partial charge in [0.15, 0.2) is 0 Å². The highest BCUT2D eigenvalue weighted by molar-refractivity contribution is 7.90. The van der Waals surface area contributed by atoms with E-state index in [1.165, 1.54) is 7.11 Å². The molecule has 1 aromatic carbocycles. The van der Waals surface area contributed by atoms with Gasteiger partial charge in [-0.25, -0.2) is 13.1 Å². The summed E-state index contributed by atoms with van der Waals surface area (Å²) in [6.45, 7) is 2.73. The third-order valence-corrected chi connectivity index (χ3v) is 5.92. The minimum absolute atomic E-state index is 0.230. The van der Waals surface area contributed by atoms with Crippen LogP contribution in [0.1, 0.15) is 31.7 Å². The molecule has 0 saturated heterocycles. The number of hydrogen-bond donors (Lipinski definition) is 1. The summed E-state index contributed by atoms with van der Waals surface area (Å²) in [7, 11) is -2.11. The van der Waals surface area contributed by atoms with E-state index in [9.17, 15) is 13.2 Å². The van der Waals surface area contributed by atoms with E-state index in [0.717, 1.165) is 11.3 Å². The Kier molecular flexibility index (Phi) is 6.01. The van der Waals surface area contributed by atoms with Crippen molar-refractivity contribution in [2.45, 2.75) is 38.0 Å². The number of methoxy groups -OCH3 is 1. The van der Waals surface area contributed by atoms with Gasteiger partial charge in [-0.15, -0.1) is 0 Å². The minimum atomic E-state index is -3.44. The summed E-state index contributed by atoms with van der Waals surface area (Å²) < 4.78 is 37.4. The zero-order valence-electron chi connectivity index (χ0n) is 13.4. The fraction of sp³-hybridized carbons (Fsp3) is 0.562. The second-order valence-corrected chi connectivity index (χ2v) is 7.64. The molecule has 128 valence electrons. The first-order valence-corrected chi connectivity index (χ1v) is 9.29. The van der Waals surface area contributed by atoms with Crippen molar-refractivity contribution in [2.75, 3.05) is 13.7 Å². The third kappa shape index (κ3) is 4.68. The molecule has 0 heterocycles. The minimum Gasteiger partial charge on any atom is -0.494 e. The first-order valence-electron chi connectivity index (χ1n) is 7.74. The van der Waals surface area contributed by atoms with Crippen molar-refractivity contribution < 1.29 is 22.7 Å². The average molecular weight is 341 g/mol. The van der Waals surface area contributed by atoms with Crippen molar-refractivity contribution in [2.24, 2.45) is 5.92 Å². The van der Waals surface area contributed by atoms with E-state index in [4.69, 9.17) is 4.74 Å². The molecule has 2 rings (SSSR count). The van der Waals surface area contributed by atoms with Gasteiger partial charge in [-0.3, -0.25) is 4.79 Å². The highest BCUT2D eigenvalue weighted by atomic mass is 32.2. The largest absolute Gasteiger partial charge is 0.494 e. The van der Waals surface area contributed by atoms with E-state index >= 15 is 0 Å². The Morgan fingerprint density at radius 3 is 2.57 bits per heavy atom. The maximum Gasteiger partial charge on any atom is 0.308 e. The summed E-state index contributed by atoms with van der Waals surface area (Å²) >= 11 is 0. The summed E-state index contributed by atoms with van der Waals surface area (Å²) in [6.07, 6.45) is 1.37. The van der Waals surface area contributed by atoms with Gasteiger partial charge in [0, 0.05) is 6.54 Å². The predicted octanol–water partition coefficient (Wildman–Crippen LogP) is 1.85. The molecule has 1 saturated carbocycles. The van der Waals surface area contributed by atoms with Crippen molar-refractivity contribution in [3.8, 4) is 5.75 Å². The SMILES string of the molecule is CCOc1ccc(CNS(=O)(=O)[C@@H]2CC[C@H](C(=O)OC)C2)cc1. The summed E-state index contributed by atoms with van der Waals surface area (Å²) in [5.41, 5.74) is 0.861. The Bertz CT molecular complexity index is 626. The van der Waals surface area contributed by atoms with E-state index in [0.29, 0.717) is 25.9 Å². The van der Waals surface area contributed by atoms with Gasteiger partial charge in [0.25, 0.3) is 0 Å².